The molecule has 0 radical (unpaired) electrons. The summed E-state index contributed by atoms with van der Waals surface area (Å²) in [5, 5.41) is 23.1. The quantitative estimate of drug-likeness (QED) is 0.0423. The van der Waals surface area contributed by atoms with Crippen LogP contribution in [0.15, 0.2) is 48.6 Å². The Morgan fingerprint density at radius 3 is 1.00 bits per heavy atom. The molecule has 0 aliphatic rings. The molecule has 0 aromatic rings. The third-order valence-electron chi connectivity index (χ3n) is 11.8. The van der Waals surface area contributed by atoms with Gasteiger partial charge in [0.15, 0.2) is 0 Å². The Hall–Kier alpha value is -1.65. The van der Waals surface area contributed by atoms with Gasteiger partial charge >= 0.3 is 0 Å². The molecule has 340 valence electrons. The molecule has 58 heavy (non-hydrogen) atoms. The topological polar surface area (TPSA) is 69.6 Å². The van der Waals surface area contributed by atoms with Gasteiger partial charge in [0.05, 0.1) is 18.8 Å². The number of unbranched alkanes of at least 4 members (excludes halogenated alkanes) is 34. The van der Waals surface area contributed by atoms with Crippen LogP contribution in [0.1, 0.15) is 271 Å². The largest absolute Gasteiger partial charge is 0.394 e. The van der Waals surface area contributed by atoms with Crippen molar-refractivity contribution in [3.8, 4) is 0 Å². The lowest BCUT2D eigenvalue weighted by atomic mass is 10.0. The first-order valence-electron chi connectivity index (χ1n) is 25.9. The minimum absolute atomic E-state index is 0.0776. The number of hydrogen-bond donors (Lipinski definition) is 3. The fourth-order valence-corrected chi connectivity index (χ4v) is 7.79. The van der Waals surface area contributed by atoms with Gasteiger partial charge in [0.25, 0.3) is 0 Å². The Labute approximate surface area is 363 Å². The molecule has 3 N–H and O–H groups in total. The van der Waals surface area contributed by atoms with Crippen molar-refractivity contribution in [1.82, 2.24) is 5.32 Å². The molecule has 2 atom stereocenters. The lowest BCUT2D eigenvalue weighted by molar-refractivity contribution is -0.123. The molecule has 1 amide bonds. The van der Waals surface area contributed by atoms with E-state index in [1.165, 1.54) is 212 Å². The van der Waals surface area contributed by atoms with Crippen molar-refractivity contribution in [3.63, 3.8) is 0 Å². The Balaban J connectivity index is 3.57. The molecule has 0 aromatic heterocycles. The summed E-state index contributed by atoms with van der Waals surface area (Å²) >= 11 is 0. The number of aliphatic hydroxyl groups excluding tert-OH is 2. The maximum absolute atomic E-state index is 12.4. The maximum atomic E-state index is 12.4. The molecule has 4 heteroatoms. The van der Waals surface area contributed by atoms with Crippen LogP contribution in [0.25, 0.3) is 0 Å². The molecule has 0 rings (SSSR count). The van der Waals surface area contributed by atoms with Gasteiger partial charge in [0, 0.05) is 6.42 Å². The zero-order chi connectivity index (χ0) is 42.1. The van der Waals surface area contributed by atoms with Gasteiger partial charge in [0.2, 0.25) is 5.91 Å². The summed E-state index contributed by atoms with van der Waals surface area (Å²) in [5.74, 6) is -0.0776. The van der Waals surface area contributed by atoms with Gasteiger partial charge in [-0.2, -0.15) is 0 Å². The summed E-state index contributed by atoms with van der Waals surface area (Å²) in [6.45, 7) is 4.31. The summed E-state index contributed by atoms with van der Waals surface area (Å²) < 4.78 is 0. The van der Waals surface area contributed by atoms with Crippen molar-refractivity contribution in [2.45, 2.75) is 283 Å². The predicted molar refractivity (Wildman–Crippen MR) is 258 cm³/mol. The first-order chi connectivity index (χ1) is 28.7. The molecule has 0 saturated heterocycles. The van der Waals surface area contributed by atoms with Crippen LogP contribution >= 0.6 is 0 Å². The minimum atomic E-state index is -0.871. The number of aliphatic hydroxyl groups is 2. The number of nitrogens with one attached hydrogen (secondary N) is 1. The molecule has 0 aliphatic carbocycles. The number of allylic oxidation sites excluding steroid dienone is 7. The molecule has 0 aliphatic heterocycles. The number of rotatable bonds is 47. The summed E-state index contributed by atoms with van der Waals surface area (Å²) in [7, 11) is 0. The van der Waals surface area contributed by atoms with Crippen LogP contribution in [0.3, 0.4) is 0 Å². The highest BCUT2D eigenvalue weighted by Gasteiger charge is 2.17. The second-order valence-corrected chi connectivity index (χ2v) is 17.6. The van der Waals surface area contributed by atoms with Gasteiger partial charge in [-0.3, -0.25) is 4.79 Å². The summed E-state index contributed by atoms with van der Waals surface area (Å²) in [6, 6.07) is -0.647. The van der Waals surface area contributed by atoms with Crippen LogP contribution in [0.5, 0.6) is 0 Å². The minimum Gasteiger partial charge on any atom is -0.394 e. The highest BCUT2D eigenvalue weighted by molar-refractivity contribution is 5.76. The Morgan fingerprint density at radius 1 is 0.397 bits per heavy atom. The zero-order valence-corrected chi connectivity index (χ0v) is 39.1. The molecule has 4 nitrogen and oxygen atoms in total. The summed E-state index contributed by atoms with van der Waals surface area (Å²) in [5.41, 5.74) is 0. The first-order valence-corrected chi connectivity index (χ1v) is 25.9. The summed E-state index contributed by atoms with van der Waals surface area (Å²) in [4.78, 5) is 12.4. The fraction of sp³-hybridized carbons (Fsp3) is 0.833. The van der Waals surface area contributed by atoms with Gasteiger partial charge < -0.3 is 15.5 Å². The monoisotopic (exact) mass is 812 g/mol. The normalized spacial score (nSPS) is 13.2. The first kappa shape index (κ1) is 56.4. The third kappa shape index (κ3) is 45.4. The second kappa shape index (κ2) is 49.7. The molecular formula is C54H101NO3. The van der Waals surface area contributed by atoms with Gasteiger partial charge in [-0.1, -0.05) is 242 Å². The molecule has 0 aromatic carbocycles. The Morgan fingerprint density at radius 2 is 0.672 bits per heavy atom. The van der Waals surface area contributed by atoms with Gasteiger partial charge in [-0.25, -0.2) is 0 Å². The zero-order valence-electron chi connectivity index (χ0n) is 39.1. The van der Waals surface area contributed by atoms with Crippen molar-refractivity contribution in [2.24, 2.45) is 0 Å². The Bertz CT molecular complexity index is 923. The highest BCUT2D eigenvalue weighted by Crippen LogP contribution is 2.15. The number of carbonyl (C=O) groups is 1. The van der Waals surface area contributed by atoms with Crippen LogP contribution in [0.2, 0.25) is 0 Å². The summed E-state index contributed by atoms with van der Waals surface area (Å²) in [6.07, 6.45) is 68.2. The lowest BCUT2D eigenvalue weighted by Crippen LogP contribution is -2.45. The SMILES string of the molecule is CCCCCCCCCCCC/C=C/CC/C=C/CC/C=C/C(O)C(CO)NC(=O)CCCCCCCCCCCC/C=C\CCCCCCCCCCCCCC. The van der Waals surface area contributed by atoms with E-state index in [1.54, 1.807) is 6.08 Å². The van der Waals surface area contributed by atoms with Crippen LogP contribution in [0, 0.1) is 0 Å². The van der Waals surface area contributed by atoms with E-state index in [-0.39, 0.29) is 12.5 Å². The van der Waals surface area contributed by atoms with E-state index in [4.69, 9.17) is 0 Å². The van der Waals surface area contributed by atoms with E-state index in [2.05, 4.69) is 55.6 Å². The van der Waals surface area contributed by atoms with E-state index in [9.17, 15) is 15.0 Å². The van der Waals surface area contributed by atoms with Crippen molar-refractivity contribution < 1.29 is 15.0 Å². The van der Waals surface area contributed by atoms with Gasteiger partial charge in [-0.15, -0.1) is 0 Å². The number of hydrogen-bond acceptors (Lipinski definition) is 3. The van der Waals surface area contributed by atoms with Gasteiger partial charge in [0.1, 0.15) is 0 Å². The number of carbonyl (C=O) groups excluding carboxylic acids is 1. The van der Waals surface area contributed by atoms with Crippen LogP contribution < -0.4 is 5.32 Å². The van der Waals surface area contributed by atoms with E-state index >= 15 is 0 Å². The van der Waals surface area contributed by atoms with Crippen molar-refractivity contribution >= 4 is 5.91 Å². The van der Waals surface area contributed by atoms with Crippen molar-refractivity contribution in [3.05, 3.63) is 48.6 Å². The molecule has 0 fully saturated rings. The molecule has 0 heterocycles. The van der Waals surface area contributed by atoms with E-state index < -0.39 is 12.1 Å². The maximum Gasteiger partial charge on any atom is 0.220 e. The molecule has 0 saturated carbocycles. The van der Waals surface area contributed by atoms with E-state index in [1.807, 2.05) is 6.08 Å². The van der Waals surface area contributed by atoms with E-state index in [0.29, 0.717) is 6.42 Å². The molecule has 2 unspecified atom stereocenters. The highest BCUT2D eigenvalue weighted by atomic mass is 16.3. The van der Waals surface area contributed by atoms with E-state index in [0.717, 1.165) is 38.5 Å². The smallest absolute Gasteiger partial charge is 0.220 e. The molecular weight excluding hydrogens is 711 g/mol. The molecule has 0 spiro atoms. The van der Waals surface area contributed by atoms with Crippen LogP contribution in [-0.2, 0) is 4.79 Å². The third-order valence-corrected chi connectivity index (χ3v) is 11.8. The van der Waals surface area contributed by atoms with Crippen molar-refractivity contribution in [1.29, 1.82) is 0 Å². The standard InChI is InChI=1S/C54H101NO3/c1-3-5-7-9-11-13-15-17-19-21-23-25-26-27-28-29-30-32-34-36-38-40-42-44-46-48-50-54(58)55-52(51-56)53(57)49-47-45-43-41-39-37-35-33-31-24-22-20-18-16-14-12-10-8-6-4-2/h27-28,31,33,39,41,47,49,52-53,56-57H,3-26,29-30,32,34-38,40,42-46,48,50-51H2,1-2H3,(H,55,58)/b28-27-,33-31+,41-39+,49-47+. The average molecular weight is 812 g/mol. The fourth-order valence-electron chi connectivity index (χ4n) is 7.79. The number of amides is 1. The Kier molecular flexibility index (Phi) is 48.3. The molecule has 0 bridgehead atoms. The van der Waals surface area contributed by atoms with Crippen molar-refractivity contribution in [2.75, 3.05) is 6.61 Å². The van der Waals surface area contributed by atoms with Crippen LogP contribution in [-0.4, -0.2) is 34.9 Å². The van der Waals surface area contributed by atoms with Gasteiger partial charge in [-0.05, 0) is 70.6 Å². The lowest BCUT2D eigenvalue weighted by Gasteiger charge is -2.19. The van der Waals surface area contributed by atoms with Crippen LogP contribution in [0.4, 0.5) is 0 Å². The average Bonchev–Trinajstić information content (AvgIpc) is 3.23. The second-order valence-electron chi connectivity index (χ2n) is 17.6. The predicted octanol–water partition coefficient (Wildman–Crippen LogP) is 16.7.